The van der Waals surface area contributed by atoms with Crippen molar-refractivity contribution in [1.29, 1.82) is 0 Å². The predicted octanol–water partition coefficient (Wildman–Crippen LogP) is 0.668. The van der Waals surface area contributed by atoms with E-state index < -0.39 is 12.0 Å². The smallest absolute Gasteiger partial charge is 0.326 e. The summed E-state index contributed by atoms with van der Waals surface area (Å²) in [5.74, 6) is -0.317. The van der Waals surface area contributed by atoms with Gasteiger partial charge in [-0.3, -0.25) is 0 Å². The molecule has 0 aromatic rings. The Morgan fingerprint density at radius 1 is 1.33 bits per heavy atom. The van der Waals surface area contributed by atoms with Gasteiger partial charge in [0.05, 0.1) is 6.10 Å². The molecule has 2 amide bonds. The average Bonchev–Trinajstić information content (AvgIpc) is 2.71. The van der Waals surface area contributed by atoms with Gasteiger partial charge in [0.2, 0.25) is 0 Å². The zero-order valence-electron chi connectivity index (χ0n) is 10.8. The number of methoxy groups -OCH3 is 1. The Bertz CT molecular complexity index is 341. The number of likely N-dealkylation sites (tertiary alicyclic amines) is 1. The van der Waals surface area contributed by atoms with E-state index in [0.29, 0.717) is 18.9 Å². The van der Waals surface area contributed by atoms with Crippen molar-refractivity contribution >= 4 is 12.0 Å². The van der Waals surface area contributed by atoms with E-state index in [1.165, 1.54) is 4.90 Å². The number of amides is 2. The van der Waals surface area contributed by atoms with Crippen LogP contribution in [0.1, 0.15) is 26.2 Å². The molecule has 1 aliphatic carbocycles. The number of hydrogen-bond acceptors (Lipinski definition) is 3. The highest BCUT2D eigenvalue weighted by atomic mass is 16.5. The van der Waals surface area contributed by atoms with Crippen molar-refractivity contribution in [2.24, 2.45) is 5.92 Å². The molecular formula is C12H20N2O4. The Labute approximate surface area is 106 Å². The van der Waals surface area contributed by atoms with Crippen LogP contribution in [0.5, 0.6) is 0 Å². The molecule has 0 aromatic heterocycles. The summed E-state index contributed by atoms with van der Waals surface area (Å²) in [6, 6.07) is -0.852. The zero-order chi connectivity index (χ0) is 13.3. The van der Waals surface area contributed by atoms with E-state index in [9.17, 15) is 9.59 Å². The lowest BCUT2D eigenvalue weighted by Crippen LogP contribution is -2.52. The van der Waals surface area contributed by atoms with E-state index >= 15 is 0 Å². The van der Waals surface area contributed by atoms with E-state index in [0.717, 1.165) is 12.8 Å². The molecule has 2 unspecified atom stereocenters. The van der Waals surface area contributed by atoms with Gasteiger partial charge in [-0.25, -0.2) is 9.59 Å². The summed E-state index contributed by atoms with van der Waals surface area (Å²) in [6.45, 7) is 2.49. The SMILES string of the molecule is COC1CC(C(=O)O)N(C(=O)NC2CC(C)C2)C1. The molecule has 1 aliphatic heterocycles. The zero-order valence-corrected chi connectivity index (χ0v) is 10.8. The van der Waals surface area contributed by atoms with Crippen LogP contribution in [0.15, 0.2) is 0 Å². The molecule has 102 valence electrons. The van der Waals surface area contributed by atoms with E-state index in [4.69, 9.17) is 9.84 Å². The summed E-state index contributed by atoms with van der Waals surface area (Å²) in [4.78, 5) is 24.5. The normalized spacial score (nSPS) is 35.1. The first-order valence-corrected chi connectivity index (χ1v) is 6.34. The van der Waals surface area contributed by atoms with Crippen molar-refractivity contribution in [3.05, 3.63) is 0 Å². The highest BCUT2D eigenvalue weighted by molar-refractivity contribution is 5.83. The maximum atomic E-state index is 12.0. The first-order valence-electron chi connectivity index (χ1n) is 6.34. The second-order valence-electron chi connectivity index (χ2n) is 5.32. The van der Waals surface area contributed by atoms with E-state index in [-0.39, 0.29) is 18.2 Å². The molecule has 2 aliphatic rings. The van der Waals surface area contributed by atoms with Gasteiger partial charge in [0.15, 0.2) is 0 Å². The summed E-state index contributed by atoms with van der Waals surface area (Å²) in [6.07, 6.45) is 2.13. The van der Waals surface area contributed by atoms with Crippen LogP contribution in [0.2, 0.25) is 0 Å². The number of urea groups is 1. The van der Waals surface area contributed by atoms with Crippen molar-refractivity contribution in [3.8, 4) is 0 Å². The molecule has 1 saturated heterocycles. The minimum atomic E-state index is -0.966. The van der Waals surface area contributed by atoms with Crippen LogP contribution in [0, 0.1) is 5.92 Å². The van der Waals surface area contributed by atoms with Crippen LogP contribution in [0.4, 0.5) is 4.79 Å². The van der Waals surface area contributed by atoms with Gasteiger partial charge in [0.1, 0.15) is 6.04 Å². The number of nitrogens with zero attached hydrogens (tertiary/aromatic N) is 1. The Hall–Kier alpha value is -1.30. The molecule has 2 fully saturated rings. The van der Waals surface area contributed by atoms with Gasteiger partial charge < -0.3 is 20.1 Å². The molecule has 0 bridgehead atoms. The number of carboxylic acids is 1. The summed E-state index contributed by atoms with van der Waals surface area (Å²) in [7, 11) is 1.54. The Morgan fingerprint density at radius 2 is 2.00 bits per heavy atom. The third-order valence-corrected chi connectivity index (χ3v) is 3.84. The van der Waals surface area contributed by atoms with Crippen LogP contribution in [-0.2, 0) is 9.53 Å². The fourth-order valence-electron chi connectivity index (χ4n) is 2.70. The molecule has 18 heavy (non-hydrogen) atoms. The molecule has 0 radical (unpaired) electrons. The number of aliphatic carboxylic acids is 1. The fourth-order valence-corrected chi connectivity index (χ4v) is 2.70. The van der Waals surface area contributed by atoms with Crippen molar-refractivity contribution in [3.63, 3.8) is 0 Å². The fraction of sp³-hybridized carbons (Fsp3) is 0.833. The summed E-state index contributed by atoms with van der Waals surface area (Å²) in [5.41, 5.74) is 0. The first kappa shape index (κ1) is 13.1. The topological polar surface area (TPSA) is 78.9 Å². The molecule has 0 spiro atoms. The van der Waals surface area contributed by atoms with E-state index in [1.54, 1.807) is 7.11 Å². The summed E-state index contributed by atoms with van der Waals surface area (Å²) >= 11 is 0. The third-order valence-electron chi connectivity index (χ3n) is 3.84. The van der Waals surface area contributed by atoms with Gasteiger partial charge in [0.25, 0.3) is 0 Å². The molecule has 6 nitrogen and oxygen atoms in total. The van der Waals surface area contributed by atoms with Gasteiger partial charge in [0, 0.05) is 26.1 Å². The van der Waals surface area contributed by atoms with Crippen molar-refractivity contribution in [2.75, 3.05) is 13.7 Å². The molecule has 1 heterocycles. The number of hydrogen-bond donors (Lipinski definition) is 2. The highest BCUT2D eigenvalue weighted by Crippen LogP contribution is 2.27. The minimum Gasteiger partial charge on any atom is -0.480 e. The summed E-state index contributed by atoms with van der Waals surface area (Å²) in [5, 5.41) is 12.0. The minimum absolute atomic E-state index is 0.183. The van der Waals surface area contributed by atoms with Crippen molar-refractivity contribution in [1.82, 2.24) is 10.2 Å². The Kier molecular flexibility index (Phi) is 3.75. The number of carboxylic acid groups (broad SMARTS) is 1. The average molecular weight is 256 g/mol. The first-order chi connectivity index (χ1) is 8.51. The van der Waals surface area contributed by atoms with Crippen LogP contribution in [0.25, 0.3) is 0 Å². The maximum absolute atomic E-state index is 12.0. The lowest BCUT2D eigenvalue weighted by atomic mass is 9.82. The Balaban J connectivity index is 1.92. The Morgan fingerprint density at radius 3 is 2.50 bits per heavy atom. The lowest BCUT2D eigenvalue weighted by molar-refractivity contribution is -0.141. The number of rotatable bonds is 3. The second-order valence-corrected chi connectivity index (χ2v) is 5.32. The predicted molar refractivity (Wildman–Crippen MR) is 64.3 cm³/mol. The van der Waals surface area contributed by atoms with Gasteiger partial charge in [-0.05, 0) is 18.8 Å². The third kappa shape index (κ3) is 2.58. The number of carbonyl (C=O) groups is 2. The van der Waals surface area contributed by atoms with Crippen molar-refractivity contribution in [2.45, 2.75) is 44.4 Å². The largest absolute Gasteiger partial charge is 0.480 e. The van der Waals surface area contributed by atoms with Crippen LogP contribution in [-0.4, -0.2) is 53.8 Å². The van der Waals surface area contributed by atoms with Gasteiger partial charge in [-0.2, -0.15) is 0 Å². The van der Waals surface area contributed by atoms with Crippen LogP contribution in [0.3, 0.4) is 0 Å². The summed E-state index contributed by atoms with van der Waals surface area (Å²) < 4.78 is 5.15. The molecule has 0 aromatic carbocycles. The van der Waals surface area contributed by atoms with Gasteiger partial charge in [-0.15, -0.1) is 0 Å². The van der Waals surface area contributed by atoms with Crippen LogP contribution >= 0.6 is 0 Å². The highest BCUT2D eigenvalue weighted by Gasteiger charge is 2.41. The quantitative estimate of drug-likeness (QED) is 0.778. The van der Waals surface area contributed by atoms with Gasteiger partial charge in [-0.1, -0.05) is 6.92 Å². The molecule has 6 heteroatoms. The number of ether oxygens (including phenoxy) is 1. The number of nitrogens with one attached hydrogen (secondary N) is 1. The maximum Gasteiger partial charge on any atom is 0.326 e. The van der Waals surface area contributed by atoms with Crippen LogP contribution < -0.4 is 5.32 Å². The second kappa shape index (κ2) is 5.14. The molecule has 1 saturated carbocycles. The number of carbonyl (C=O) groups excluding carboxylic acids is 1. The van der Waals surface area contributed by atoms with E-state index in [1.807, 2.05) is 0 Å². The molecule has 2 atom stereocenters. The molecular weight excluding hydrogens is 236 g/mol. The lowest BCUT2D eigenvalue weighted by Gasteiger charge is -2.35. The van der Waals surface area contributed by atoms with Crippen molar-refractivity contribution < 1.29 is 19.4 Å². The molecule has 2 N–H and O–H groups in total. The van der Waals surface area contributed by atoms with Gasteiger partial charge >= 0.3 is 12.0 Å². The molecule has 2 rings (SSSR count). The standard InChI is InChI=1S/C12H20N2O4/c1-7-3-8(4-7)13-12(17)14-6-9(18-2)5-10(14)11(15)16/h7-10H,3-6H2,1-2H3,(H,13,17)(H,15,16). The monoisotopic (exact) mass is 256 g/mol. The van der Waals surface area contributed by atoms with E-state index in [2.05, 4.69) is 12.2 Å².